The zero-order valence-corrected chi connectivity index (χ0v) is 13.3. The van der Waals surface area contributed by atoms with Crippen LogP contribution in [0.1, 0.15) is 30.1 Å². The van der Waals surface area contributed by atoms with Gasteiger partial charge in [-0.2, -0.15) is 0 Å². The zero-order chi connectivity index (χ0) is 17.2. The Hall–Kier alpha value is -2.09. The first kappa shape index (κ1) is 16.8. The number of piperidine rings is 1. The molecule has 0 atom stereocenters. The van der Waals surface area contributed by atoms with E-state index in [1.54, 1.807) is 24.5 Å². The van der Waals surface area contributed by atoms with Crippen LogP contribution in [-0.2, 0) is 13.6 Å². The number of alkyl halides is 3. The maximum absolute atomic E-state index is 12.5. The quantitative estimate of drug-likeness (QED) is 0.858. The Morgan fingerprint density at radius 3 is 2.54 bits per heavy atom. The normalized spacial score (nSPS) is 17.2. The van der Waals surface area contributed by atoms with Gasteiger partial charge in [0.1, 0.15) is 17.9 Å². The summed E-state index contributed by atoms with van der Waals surface area (Å²) in [5, 5.41) is 8.06. The van der Waals surface area contributed by atoms with Gasteiger partial charge in [0.25, 0.3) is 0 Å². The molecular weight excluding hydrogens is 321 g/mol. The maximum Gasteiger partial charge on any atom is 0.573 e. The summed E-state index contributed by atoms with van der Waals surface area (Å²) in [5.74, 6) is 1.19. The first-order valence-electron chi connectivity index (χ1n) is 7.82. The predicted octanol–water partition coefficient (Wildman–Crippen LogP) is 3.09. The molecule has 130 valence electrons. The van der Waals surface area contributed by atoms with E-state index in [2.05, 4.69) is 19.8 Å². The van der Waals surface area contributed by atoms with E-state index in [4.69, 9.17) is 0 Å². The van der Waals surface area contributed by atoms with Crippen molar-refractivity contribution in [2.24, 2.45) is 7.05 Å². The van der Waals surface area contributed by atoms with Crippen molar-refractivity contribution in [3.63, 3.8) is 0 Å². The number of hydrogen-bond donors (Lipinski definition) is 0. The lowest BCUT2D eigenvalue weighted by molar-refractivity contribution is -0.275. The number of rotatable bonds is 4. The molecule has 2 heterocycles. The fourth-order valence-electron chi connectivity index (χ4n) is 3.11. The first-order chi connectivity index (χ1) is 11.4. The molecule has 3 rings (SSSR count). The Bertz CT molecular complexity index is 678. The van der Waals surface area contributed by atoms with Crippen LogP contribution in [0.4, 0.5) is 13.2 Å². The van der Waals surface area contributed by atoms with Crippen LogP contribution in [0.25, 0.3) is 0 Å². The topological polar surface area (TPSA) is 43.2 Å². The van der Waals surface area contributed by atoms with Crippen LogP contribution in [0.15, 0.2) is 30.6 Å². The van der Waals surface area contributed by atoms with Crippen LogP contribution in [0.5, 0.6) is 5.75 Å². The minimum Gasteiger partial charge on any atom is -0.405 e. The second kappa shape index (κ2) is 6.80. The fraction of sp³-hybridized carbons (Fsp3) is 0.500. The highest BCUT2D eigenvalue weighted by Crippen LogP contribution is 2.30. The van der Waals surface area contributed by atoms with E-state index in [0.717, 1.165) is 31.8 Å². The van der Waals surface area contributed by atoms with Gasteiger partial charge in [0.2, 0.25) is 0 Å². The fourth-order valence-corrected chi connectivity index (χ4v) is 3.11. The smallest absolute Gasteiger partial charge is 0.405 e. The molecule has 0 bridgehead atoms. The molecule has 1 aromatic carbocycles. The minimum absolute atomic E-state index is 0.125. The Labute approximate surface area is 138 Å². The average molecular weight is 340 g/mol. The molecule has 1 saturated heterocycles. The van der Waals surface area contributed by atoms with Gasteiger partial charge in [-0.15, -0.1) is 23.4 Å². The van der Waals surface area contributed by atoms with Crippen LogP contribution in [0, 0.1) is 0 Å². The molecule has 0 unspecified atom stereocenters. The zero-order valence-electron chi connectivity index (χ0n) is 13.3. The molecule has 8 heteroatoms. The molecule has 0 aliphatic carbocycles. The van der Waals surface area contributed by atoms with Crippen LogP contribution >= 0.6 is 0 Å². The van der Waals surface area contributed by atoms with Gasteiger partial charge in [0.15, 0.2) is 0 Å². The van der Waals surface area contributed by atoms with Crippen LogP contribution < -0.4 is 4.74 Å². The molecule has 0 saturated carbocycles. The lowest BCUT2D eigenvalue weighted by Gasteiger charge is -2.31. The summed E-state index contributed by atoms with van der Waals surface area (Å²) in [6.45, 7) is 2.05. The summed E-state index contributed by atoms with van der Waals surface area (Å²) >= 11 is 0. The number of likely N-dealkylation sites (tertiary alicyclic amines) is 1. The summed E-state index contributed by atoms with van der Waals surface area (Å²) in [7, 11) is 1.92. The monoisotopic (exact) mass is 340 g/mol. The number of para-hydroxylation sites is 1. The lowest BCUT2D eigenvalue weighted by Crippen LogP contribution is -2.33. The van der Waals surface area contributed by atoms with Crippen molar-refractivity contribution in [1.82, 2.24) is 19.7 Å². The highest BCUT2D eigenvalue weighted by molar-refractivity contribution is 5.33. The van der Waals surface area contributed by atoms with Crippen LogP contribution in [0.2, 0.25) is 0 Å². The van der Waals surface area contributed by atoms with Gasteiger partial charge in [-0.3, -0.25) is 4.90 Å². The SMILES string of the molecule is Cn1cnnc1C1CCN(Cc2ccccc2OC(F)(F)F)CC1. The van der Waals surface area contributed by atoms with Crippen molar-refractivity contribution in [2.75, 3.05) is 13.1 Å². The van der Waals surface area contributed by atoms with Crippen LogP contribution in [-0.4, -0.2) is 39.1 Å². The van der Waals surface area contributed by atoms with Gasteiger partial charge in [-0.25, -0.2) is 0 Å². The first-order valence-corrected chi connectivity index (χ1v) is 7.82. The second-order valence-corrected chi connectivity index (χ2v) is 6.01. The summed E-state index contributed by atoms with van der Waals surface area (Å²) < 4.78 is 43.5. The van der Waals surface area contributed by atoms with Crippen molar-refractivity contribution >= 4 is 0 Å². The largest absolute Gasteiger partial charge is 0.573 e. The van der Waals surface area contributed by atoms with Crippen molar-refractivity contribution in [2.45, 2.75) is 31.7 Å². The van der Waals surface area contributed by atoms with E-state index in [9.17, 15) is 13.2 Å². The van der Waals surface area contributed by atoms with Gasteiger partial charge < -0.3 is 9.30 Å². The van der Waals surface area contributed by atoms with Crippen molar-refractivity contribution in [1.29, 1.82) is 0 Å². The summed E-state index contributed by atoms with van der Waals surface area (Å²) in [6.07, 6.45) is -1.16. The van der Waals surface area contributed by atoms with Gasteiger partial charge in [-0.1, -0.05) is 18.2 Å². The number of aryl methyl sites for hydroxylation is 1. The van der Waals surface area contributed by atoms with Gasteiger partial charge in [-0.05, 0) is 32.0 Å². The highest BCUT2D eigenvalue weighted by atomic mass is 19.4. The average Bonchev–Trinajstić information content (AvgIpc) is 2.95. The third kappa shape index (κ3) is 4.05. The van der Waals surface area contributed by atoms with Crippen molar-refractivity contribution in [3.8, 4) is 5.75 Å². The molecule has 0 amide bonds. The molecule has 5 nitrogen and oxygen atoms in total. The Morgan fingerprint density at radius 1 is 1.21 bits per heavy atom. The van der Waals surface area contributed by atoms with E-state index in [0.29, 0.717) is 18.0 Å². The van der Waals surface area contributed by atoms with E-state index in [1.165, 1.54) is 6.07 Å². The molecule has 1 aliphatic heterocycles. The Morgan fingerprint density at radius 2 is 1.92 bits per heavy atom. The Kier molecular flexibility index (Phi) is 4.75. The second-order valence-electron chi connectivity index (χ2n) is 6.01. The highest BCUT2D eigenvalue weighted by Gasteiger charge is 2.32. The number of benzene rings is 1. The standard InChI is InChI=1S/C16H19F3N4O/c1-22-11-20-21-15(22)12-6-8-23(9-7-12)10-13-4-2-3-5-14(13)24-16(17,18)19/h2-5,11-12H,6-10H2,1H3. The molecule has 1 aliphatic rings. The molecule has 0 radical (unpaired) electrons. The number of aromatic nitrogens is 3. The molecule has 1 fully saturated rings. The molecule has 24 heavy (non-hydrogen) atoms. The summed E-state index contributed by atoms with van der Waals surface area (Å²) in [5.41, 5.74) is 0.548. The van der Waals surface area contributed by atoms with Gasteiger partial charge in [0, 0.05) is 25.1 Å². The molecular formula is C16H19F3N4O. The van der Waals surface area contributed by atoms with Crippen molar-refractivity contribution < 1.29 is 17.9 Å². The summed E-state index contributed by atoms with van der Waals surface area (Å²) in [4.78, 5) is 2.14. The Balaban J connectivity index is 1.61. The number of nitrogens with zero attached hydrogens (tertiary/aromatic N) is 4. The molecule has 0 N–H and O–H groups in total. The maximum atomic E-state index is 12.5. The minimum atomic E-state index is -4.67. The van der Waals surface area contributed by atoms with E-state index in [1.807, 2.05) is 11.6 Å². The van der Waals surface area contributed by atoms with E-state index in [-0.39, 0.29) is 5.75 Å². The molecule has 1 aromatic heterocycles. The predicted molar refractivity (Wildman–Crippen MR) is 81.4 cm³/mol. The van der Waals surface area contributed by atoms with Crippen LogP contribution in [0.3, 0.4) is 0 Å². The van der Waals surface area contributed by atoms with Gasteiger partial charge >= 0.3 is 6.36 Å². The molecule has 2 aromatic rings. The third-order valence-corrected chi connectivity index (χ3v) is 4.29. The van der Waals surface area contributed by atoms with Crippen molar-refractivity contribution in [3.05, 3.63) is 42.0 Å². The molecule has 0 spiro atoms. The third-order valence-electron chi connectivity index (χ3n) is 4.29. The number of halogens is 3. The lowest BCUT2D eigenvalue weighted by atomic mass is 9.95. The summed E-state index contributed by atoms with van der Waals surface area (Å²) in [6, 6.07) is 6.31. The van der Waals surface area contributed by atoms with E-state index < -0.39 is 6.36 Å². The van der Waals surface area contributed by atoms with Gasteiger partial charge in [0.05, 0.1) is 0 Å². The number of hydrogen-bond acceptors (Lipinski definition) is 4. The van der Waals surface area contributed by atoms with E-state index >= 15 is 0 Å². The number of ether oxygens (including phenoxy) is 1.